The van der Waals surface area contributed by atoms with Gasteiger partial charge in [0.1, 0.15) is 6.61 Å². The zero-order valence-electron chi connectivity index (χ0n) is 9.65. The van der Waals surface area contributed by atoms with Crippen LogP contribution >= 0.6 is 18.9 Å². The van der Waals surface area contributed by atoms with Crippen LogP contribution < -0.4 is 9.47 Å². The van der Waals surface area contributed by atoms with Gasteiger partial charge < -0.3 is 24.0 Å². The molecule has 1 aliphatic heterocycles. The topological polar surface area (TPSA) is 85.2 Å². The Bertz CT molecular complexity index is 428. The minimum atomic E-state index is -3.91. The van der Waals surface area contributed by atoms with E-state index in [-0.39, 0.29) is 12.3 Å². The summed E-state index contributed by atoms with van der Waals surface area (Å²) in [7, 11) is -3.91. The van der Waals surface area contributed by atoms with E-state index < -0.39 is 7.60 Å². The van der Waals surface area contributed by atoms with Crippen molar-refractivity contribution in [2.75, 3.05) is 26.0 Å². The summed E-state index contributed by atoms with van der Waals surface area (Å²) >= 11 is 1.51. The van der Waals surface area contributed by atoms with E-state index in [9.17, 15) is 4.57 Å². The molecule has 0 radical (unpaired) electrons. The van der Waals surface area contributed by atoms with Crippen LogP contribution in [0.15, 0.2) is 10.8 Å². The zero-order chi connectivity index (χ0) is 13.0. The van der Waals surface area contributed by atoms with Crippen LogP contribution in [-0.4, -0.2) is 41.9 Å². The largest absolute Gasteiger partial charge is 0.485 e. The molecule has 2 N–H and O–H groups in total. The molecule has 6 nitrogen and oxygen atoms in total. The van der Waals surface area contributed by atoms with Gasteiger partial charge in [0, 0.05) is 17.4 Å². The third-order valence-electron chi connectivity index (χ3n) is 2.35. The zero-order valence-corrected chi connectivity index (χ0v) is 11.4. The number of hydrogen-bond acceptors (Lipinski definition) is 5. The maximum Gasteiger partial charge on any atom is 0.325 e. The summed E-state index contributed by atoms with van der Waals surface area (Å²) in [5.41, 5.74) is 0. The minimum Gasteiger partial charge on any atom is -0.485 e. The SMILES string of the molecule is O=P(O)(O)CCCOCC1COc2cscc2O1. The maximum atomic E-state index is 10.6. The summed E-state index contributed by atoms with van der Waals surface area (Å²) < 4.78 is 27.0. The van der Waals surface area contributed by atoms with Crippen LogP contribution in [-0.2, 0) is 9.30 Å². The Morgan fingerprint density at radius 2 is 2.22 bits per heavy atom. The van der Waals surface area contributed by atoms with Crippen LogP contribution in [0.3, 0.4) is 0 Å². The molecule has 102 valence electrons. The summed E-state index contributed by atoms with van der Waals surface area (Å²) in [6.07, 6.45) is 0.0211. The fourth-order valence-corrected chi connectivity index (χ4v) is 2.74. The molecular formula is C10H15O6PS. The average molecular weight is 294 g/mol. The third-order valence-corrected chi connectivity index (χ3v) is 3.95. The highest BCUT2D eigenvalue weighted by atomic mass is 32.1. The van der Waals surface area contributed by atoms with Gasteiger partial charge in [-0.25, -0.2) is 0 Å². The van der Waals surface area contributed by atoms with E-state index in [1.165, 1.54) is 11.3 Å². The third kappa shape index (κ3) is 4.26. The molecule has 1 unspecified atom stereocenters. The Morgan fingerprint density at radius 3 is 3.00 bits per heavy atom. The predicted octanol–water partition coefficient (Wildman–Crippen LogP) is 1.47. The first kappa shape index (κ1) is 13.8. The van der Waals surface area contributed by atoms with Gasteiger partial charge in [0.05, 0.1) is 12.8 Å². The van der Waals surface area contributed by atoms with Crippen LogP contribution in [0.2, 0.25) is 0 Å². The monoisotopic (exact) mass is 294 g/mol. The Labute approximate surface area is 109 Å². The van der Waals surface area contributed by atoms with Gasteiger partial charge >= 0.3 is 7.60 Å². The molecule has 0 bridgehead atoms. The normalized spacial score (nSPS) is 18.9. The van der Waals surface area contributed by atoms with Crippen molar-refractivity contribution in [3.8, 4) is 11.5 Å². The van der Waals surface area contributed by atoms with Gasteiger partial charge in [-0.05, 0) is 6.42 Å². The fraction of sp³-hybridized carbons (Fsp3) is 0.600. The number of ether oxygens (including phenoxy) is 3. The molecule has 0 saturated carbocycles. The molecule has 1 atom stereocenters. The lowest BCUT2D eigenvalue weighted by molar-refractivity contribution is 0.00964. The van der Waals surface area contributed by atoms with Crippen molar-refractivity contribution in [1.82, 2.24) is 0 Å². The lowest BCUT2D eigenvalue weighted by Gasteiger charge is -2.24. The Balaban J connectivity index is 1.63. The molecule has 0 saturated heterocycles. The average Bonchev–Trinajstić information content (AvgIpc) is 2.74. The summed E-state index contributed by atoms with van der Waals surface area (Å²) in [5.74, 6) is 1.49. The van der Waals surface area contributed by atoms with Crippen LogP contribution in [0.1, 0.15) is 6.42 Å². The van der Waals surface area contributed by atoms with Crippen LogP contribution in [0.25, 0.3) is 0 Å². The maximum absolute atomic E-state index is 10.6. The molecule has 0 spiro atoms. The van der Waals surface area contributed by atoms with Gasteiger partial charge in [-0.15, -0.1) is 11.3 Å². The van der Waals surface area contributed by atoms with Crippen LogP contribution in [0, 0.1) is 0 Å². The van der Waals surface area contributed by atoms with Gasteiger partial charge in [-0.3, -0.25) is 4.57 Å². The van der Waals surface area contributed by atoms with E-state index in [0.29, 0.717) is 26.2 Å². The number of thiophene rings is 1. The Hall–Kier alpha value is -0.590. The standard InChI is InChI=1S/C10H15O6PS/c11-17(12,13)3-1-2-14-4-8-5-15-9-6-18-7-10(9)16-8/h6-8H,1-5H2,(H2,11,12,13). The van der Waals surface area contributed by atoms with Crippen molar-refractivity contribution in [1.29, 1.82) is 0 Å². The quantitative estimate of drug-likeness (QED) is 0.610. The molecule has 18 heavy (non-hydrogen) atoms. The predicted molar refractivity (Wildman–Crippen MR) is 66.6 cm³/mol. The highest BCUT2D eigenvalue weighted by Gasteiger charge is 2.21. The summed E-state index contributed by atoms with van der Waals surface area (Å²) in [4.78, 5) is 17.3. The van der Waals surface area contributed by atoms with Crippen LogP contribution in [0.4, 0.5) is 0 Å². The van der Waals surface area contributed by atoms with E-state index in [4.69, 9.17) is 24.0 Å². The summed E-state index contributed by atoms with van der Waals surface area (Å²) in [5, 5.41) is 3.75. The highest BCUT2D eigenvalue weighted by Crippen LogP contribution is 2.36. The van der Waals surface area contributed by atoms with Gasteiger partial charge in [0.2, 0.25) is 0 Å². The summed E-state index contributed by atoms with van der Waals surface area (Å²) in [6, 6.07) is 0. The Morgan fingerprint density at radius 1 is 1.44 bits per heavy atom. The molecule has 0 fully saturated rings. The first-order valence-corrected chi connectivity index (χ1v) is 8.26. The molecule has 0 amide bonds. The van der Waals surface area contributed by atoms with E-state index in [2.05, 4.69) is 0 Å². The van der Waals surface area contributed by atoms with Gasteiger partial charge in [0.15, 0.2) is 17.6 Å². The highest BCUT2D eigenvalue weighted by molar-refractivity contribution is 7.51. The lowest BCUT2D eigenvalue weighted by atomic mass is 10.3. The molecule has 8 heteroatoms. The first-order chi connectivity index (χ1) is 8.54. The van der Waals surface area contributed by atoms with E-state index >= 15 is 0 Å². The van der Waals surface area contributed by atoms with Crippen molar-refractivity contribution < 1.29 is 28.6 Å². The molecule has 2 rings (SSSR count). The van der Waals surface area contributed by atoms with Gasteiger partial charge in [-0.1, -0.05) is 0 Å². The van der Waals surface area contributed by atoms with Crippen molar-refractivity contribution in [2.45, 2.75) is 12.5 Å². The molecule has 1 aliphatic rings. The van der Waals surface area contributed by atoms with Crippen molar-refractivity contribution >= 4 is 18.9 Å². The fourth-order valence-electron chi connectivity index (χ4n) is 1.53. The first-order valence-electron chi connectivity index (χ1n) is 5.52. The van der Waals surface area contributed by atoms with Crippen LogP contribution in [0.5, 0.6) is 11.5 Å². The van der Waals surface area contributed by atoms with Crippen molar-refractivity contribution in [2.24, 2.45) is 0 Å². The number of rotatable bonds is 6. The second kappa shape index (κ2) is 6.04. The summed E-state index contributed by atoms with van der Waals surface area (Å²) in [6.45, 7) is 1.10. The second-order valence-corrected chi connectivity index (χ2v) is 6.49. The molecule has 0 aliphatic carbocycles. The Kier molecular flexibility index (Phi) is 4.64. The van der Waals surface area contributed by atoms with Gasteiger partial charge in [0.25, 0.3) is 0 Å². The lowest BCUT2D eigenvalue weighted by Crippen LogP contribution is -2.33. The second-order valence-electron chi connectivity index (χ2n) is 3.97. The molecule has 2 heterocycles. The molecule has 1 aromatic rings. The minimum absolute atomic E-state index is 0.149. The van der Waals surface area contributed by atoms with Crippen molar-refractivity contribution in [3.05, 3.63) is 10.8 Å². The molecule has 0 aromatic carbocycles. The van der Waals surface area contributed by atoms with Gasteiger partial charge in [-0.2, -0.15) is 0 Å². The van der Waals surface area contributed by atoms with E-state index in [0.717, 1.165) is 11.5 Å². The van der Waals surface area contributed by atoms with Crippen molar-refractivity contribution in [3.63, 3.8) is 0 Å². The number of hydrogen-bond donors (Lipinski definition) is 2. The number of fused-ring (bicyclic) bond motifs is 1. The van der Waals surface area contributed by atoms with E-state index in [1.807, 2.05) is 10.8 Å². The molecular weight excluding hydrogens is 279 g/mol. The molecule has 1 aromatic heterocycles. The smallest absolute Gasteiger partial charge is 0.325 e. The van der Waals surface area contributed by atoms with E-state index in [1.54, 1.807) is 0 Å².